The van der Waals surface area contributed by atoms with Crippen LogP contribution in [0.25, 0.3) is 0 Å². The first-order valence-electron chi connectivity index (χ1n) is 6.21. The van der Waals surface area contributed by atoms with E-state index in [4.69, 9.17) is 0 Å². The molecule has 2 unspecified atom stereocenters. The second-order valence-corrected chi connectivity index (χ2v) is 6.38. The molecule has 0 aromatic rings. The first kappa shape index (κ1) is 13.1. The number of esters is 1. The van der Waals surface area contributed by atoms with Gasteiger partial charge in [0.25, 0.3) is 0 Å². The molecule has 108 valence electrons. The van der Waals surface area contributed by atoms with Crippen LogP contribution in [-0.2, 0) is 9.53 Å². The lowest BCUT2D eigenvalue weighted by atomic mass is 9.51. The molecule has 0 N–H and O–H groups in total. The summed E-state index contributed by atoms with van der Waals surface area (Å²) in [5.41, 5.74) is -5.28. The van der Waals surface area contributed by atoms with Gasteiger partial charge in [-0.25, -0.2) is 13.6 Å². The number of ether oxygens (including phenoxy) is 1. The molecule has 0 aliphatic heterocycles. The zero-order valence-electron chi connectivity index (χ0n) is 10.0. The molecule has 0 radical (unpaired) electrons. The molecule has 0 spiro atoms. The normalized spacial score (nSPS) is 48.4. The van der Waals surface area contributed by atoms with Gasteiger partial charge in [-0.15, -0.1) is 0 Å². The fourth-order valence-electron chi connectivity index (χ4n) is 4.49. The van der Waals surface area contributed by atoms with Crippen molar-refractivity contribution < 1.29 is 31.5 Å². The minimum absolute atomic E-state index is 0.131. The van der Waals surface area contributed by atoms with E-state index in [0.29, 0.717) is 0 Å². The number of carbonyl (C=O) groups excluding carboxylic acids is 1. The van der Waals surface area contributed by atoms with E-state index in [2.05, 4.69) is 4.74 Å². The average molecular weight is 284 g/mol. The van der Waals surface area contributed by atoms with Gasteiger partial charge >= 0.3 is 12.1 Å². The van der Waals surface area contributed by atoms with Crippen LogP contribution in [0, 0.1) is 5.92 Å². The Hall–Kier alpha value is -0.880. The van der Waals surface area contributed by atoms with E-state index in [1.807, 2.05) is 0 Å². The molecule has 19 heavy (non-hydrogen) atoms. The first-order valence-corrected chi connectivity index (χ1v) is 6.21. The second kappa shape index (κ2) is 3.41. The van der Waals surface area contributed by atoms with Crippen LogP contribution in [0.3, 0.4) is 0 Å². The molecular weight excluding hydrogens is 271 g/mol. The summed E-state index contributed by atoms with van der Waals surface area (Å²) in [6.45, 7) is 0. The van der Waals surface area contributed by atoms with Crippen LogP contribution in [0.1, 0.15) is 38.5 Å². The van der Waals surface area contributed by atoms with Crippen molar-refractivity contribution in [3.63, 3.8) is 0 Å². The number of carbonyl (C=O) groups is 1. The average Bonchev–Trinajstić information content (AvgIpc) is 2.07. The lowest BCUT2D eigenvalue weighted by Gasteiger charge is -2.60. The van der Waals surface area contributed by atoms with E-state index >= 15 is 0 Å². The quantitative estimate of drug-likeness (QED) is 0.546. The highest BCUT2D eigenvalue weighted by atomic mass is 19.4. The molecule has 4 aliphatic rings. The maximum absolute atomic E-state index is 14.4. The lowest BCUT2D eigenvalue weighted by Crippen LogP contribution is -2.64. The molecule has 0 heterocycles. The first-order chi connectivity index (χ1) is 8.53. The van der Waals surface area contributed by atoms with Crippen molar-refractivity contribution in [1.82, 2.24) is 0 Å². The predicted molar refractivity (Wildman–Crippen MR) is 53.7 cm³/mol. The molecule has 4 fully saturated rings. The summed E-state index contributed by atoms with van der Waals surface area (Å²) in [7, 11) is 0. The number of alkyl halides is 5. The Bertz CT molecular complexity index is 414. The molecule has 0 aromatic heterocycles. The minimum Gasteiger partial charge on any atom is -0.452 e. The zero-order chi connectivity index (χ0) is 14.1. The molecule has 4 saturated carbocycles. The summed E-state index contributed by atoms with van der Waals surface area (Å²) < 4.78 is 70.1. The third-order valence-corrected chi connectivity index (χ3v) is 4.42. The van der Waals surface area contributed by atoms with Crippen molar-refractivity contribution in [2.75, 3.05) is 0 Å². The van der Waals surface area contributed by atoms with E-state index in [0.717, 1.165) is 0 Å². The summed E-state index contributed by atoms with van der Waals surface area (Å²) in [5.74, 6) is -2.69. The largest absolute Gasteiger partial charge is 0.490 e. The third-order valence-electron chi connectivity index (χ3n) is 4.42. The highest BCUT2D eigenvalue weighted by molar-refractivity contribution is 5.76. The Morgan fingerprint density at radius 1 is 1.00 bits per heavy atom. The Morgan fingerprint density at radius 2 is 1.53 bits per heavy atom. The highest BCUT2D eigenvalue weighted by Crippen LogP contribution is 2.63. The van der Waals surface area contributed by atoms with Crippen molar-refractivity contribution in [2.45, 2.75) is 61.6 Å². The van der Waals surface area contributed by atoms with Crippen LogP contribution in [0.15, 0.2) is 0 Å². The molecular formula is C12H13F5O2. The summed E-state index contributed by atoms with van der Waals surface area (Å²) in [6, 6.07) is 0. The molecule has 2 nitrogen and oxygen atoms in total. The Labute approximate surface area is 106 Å². The van der Waals surface area contributed by atoms with Gasteiger partial charge in [0, 0.05) is 19.3 Å². The summed E-state index contributed by atoms with van der Waals surface area (Å²) >= 11 is 0. The van der Waals surface area contributed by atoms with Gasteiger partial charge in [-0.05, 0) is 25.2 Å². The molecule has 0 aromatic carbocycles. The molecule has 4 aliphatic carbocycles. The number of hydrogen-bond acceptors (Lipinski definition) is 2. The topological polar surface area (TPSA) is 26.3 Å². The van der Waals surface area contributed by atoms with Crippen LogP contribution in [0.4, 0.5) is 22.0 Å². The molecule has 7 heteroatoms. The Balaban J connectivity index is 1.87. The van der Waals surface area contributed by atoms with Gasteiger partial charge < -0.3 is 4.74 Å². The molecule has 4 rings (SSSR count). The van der Waals surface area contributed by atoms with E-state index < -0.39 is 29.1 Å². The molecule has 2 atom stereocenters. The van der Waals surface area contributed by atoms with E-state index in [-0.39, 0.29) is 44.4 Å². The fraction of sp³-hybridized carbons (Fsp3) is 0.917. The van der Waals surface area contributed by atoms with Crippen molar-refractivity contribution in [2.24, 2.45) is 5.92 Å². The predicted octanol–water partition coefficient (Wildman–Crippen LogP) is 3.24. The minimum atomic E-state index is -5.13. The Morgan fingerprint density at radius 3 is 1.95 bits per heavy atom. The molecule has 0 amide bonds. The van der Waals surface area contributed by atoms with Gasteiger partial charge in [-0.2, -0.15) is 13.2 Å². The van der Waals surface area contributed by atoms with Crippen molar-refractivity contribution in [3.8, 4) is 0 Å². The second-order valence-electron chi connectivity index (χ2n) is 6.38. The van der Waals surface area contributed by atoms with Crippen molar-refractivity contribution in [3.05, 3.63) is 0 Å². The standard InChI is InChI=1S/C12H13F5O2/c13-9-1-7-2-10(14,4-9)6-11(3-7,5-9)19-8(18)12(15,16)17/h7H,1-6H2. The van der Waals surface area contributed by atoms with Gasteiger partial charge in [0.05, 0.1) is 0 Å². The monoisotopic (exact) mass is 284 g/mol. The third kappa shape index (κ3) is 2.10. The summed E-state index contributed by atoms with van der Waals surface area (Å²) in [5, 5.41) is 0. The van der Waals surface area contributed by atoms with E-state index in [1.165, 1.54) is 0 Å². The van der Waals surface area contributed by atoms with Crippen LogP contribution in [0.5, 0.6) is 0 Å². The van der Waals surface area contributed by atoms with Crippen molar-refractivity contribution >= 4 is 5.97 Å². The maximum atomic E-state index is 14.4. The molecule has 0 saturated heterocycles. The summed E-state index contributed by atoms with van der Waals surface area (Å²) in [6.07, 6.45) is -5.60. The number of hydrogen-bond donors (Lipinski definition) is 0. The van der Waals surface area contributed by atoms with Crippen LogP contribution in [-0.4, -0.2) is 29.1 Å². The van der Waals surface area contributed by atoms with Gasteiger partial charge in [0.2, 0.25) is 0 Å². The van der Waals surface area contributed by atoms with Gasteiger partial charge in [0.1, 0.15) is 16.9 Å². The van der Waals surface area contributed by atoms with Gasteiger partial charge in [-0.1, -0.05) is 0 Å². The van der Waals surface area contributed by atoms with Crippen LogP contribution >= 0.6 is 0 Å². The van der Waals surface area contributed by atoms with E-state index in [9.17, 15) is 26.7 Å². The zero-order valence-corrected chi connectivity index (χ0v) is 10.0. The fourth-order valence-corrected chi connectivity index (χ4v) is 4.49. The van der Waals surface area contributed by atoms with Crippen LogP contribution < -0.4 is 0 Å². The van der Waals surface area contributed by atoms with Crippen molar-refractivity contribution in [1.29, 1.82) is 0 Å². The maximum Gasteiger partial charge on any atom is 0.490 e. The SMILES string of the molecule is O=C(OC12CC3CC(F)(CC(F)(C3)C1)C2)C(F)(F)F. The van der Waals surface area contributed by atoms with Crippen LogP contribution in [0.2, 0.25) is 0 Å². The van der Waals surface area contributed by atoms with Gasteiger partial charge in [0.15, 0.2) is 0 Å². The molecule has 4 bridgehead atoms. The Kier molecular flexibility index (Phi) is 2.35. The van der Waals surface area contributed by atoms with E-state index in [1.54, 1.807) is 0 Å². The lowest BCUT2D eigenvalue weighted by molar-refractivity contribution is -0.252. The smallest absolute Gasteiger partial charge is 0.452 e. The number of halogens is 5. The summed E-state index contributed by atoms with van der Waals surface area (Å²) in [4.78, 5) is 11.0. The highest BCUT2D eigenvalue weighted by Gasteiger charge is 2.67. The van der Waals surface area contributed by atoms with Gasteiger partial charge in [-0.3, -0.25) is 0 Å². The number of rotatable bonds is 1.